The van der Waals surface area contributed by atoms with Gasteiger partial charge in [-0.15, -0.1) is 0 Å². The maximum absolute atomic E-state index is 14.1. The number of hydrogen-bond donors (Lipinski definition) is 3. The fraction of sp³-hybridized carbons (Fsp3) is 0.462. The van der Waals surface area contributed by atoms with Gasteiger partial charge in [-0.1, -0.05) is 18.5 Å². The number of halogens is 2. The Kier molecular flexibility index (Phi) is 6.17. The van der Waals surface area contributed by atoms with E-state index >= 15 is 0 Å². The van der Waals surface area contributed by atoms with Gasteiger partial charge in [-0.3, -0.25) is 0 Å². The summed E-state index contributed by atoms with van der Waals surface area (Å²) < 4.78 is 28.1. The average molecular weight is 287 g/mol. The molecule has 0 unspecified atom stereocenters. The zero-order chi connectivity index (χ0) is 15.1. The highest BCUT2D eigenvalue weighted by atomic mass is 19.1. The summed E-state index contributed by atoms with van der Waals surface area (Å²) in [6.45, 7) is 2.33. The van der Waals surface area contributed by atoms with Crippen molar-refractivity contribution in [3.8, 4) is 0 Å². The largest absolute Gasteiger partial charge is 0.409 e. The van der Waals surface area contributed by atoms with Crippen molar-refractivity contribution in [1.82, 2.24) is 0 Å². The van der Waals surface area contributed by atoms with Crippen molar-refractivity contribution in [3.05, 3.63) is 29.3 Å². The summed E-state index contributed by atoms with van der Waals surface area (Å²) in [4.78, 5) is 1.45. The minimum absolute atomic E-state index is 0.0364. The van der Waals surface area contributed by atoms with Crippen molar-refractivity contribution in [2.24, 2.45) is 10.9 Å². The molecule has 0 radical (unpaired) electrons. The number of unbranched alkanes of at least 4 members (excludes halogenated alkanes) is 1. The lowest BCUT2D eigenvalue weighted by molar-refractivity contribution is 0.300. The van der Waals surface area contributed by atoms with Crippen molar-refractivity contribution in [2.45, 2.75) is 19.8 Å². The van der Waals surface area contributed by atoms with Crippen LogP contribution in [0.1, 0.15) is 25.3 Å². The summed E-state index contributed by atoms with van der Waals surface area (Å²) in [5.41, 5.74) is 5.07. The number of amidine groups is 1. The molecule has 1 rings (SSSR count). The van der Waals surface area contributed by atoms with E-state index in [2.05, 4.69) is 5.16 Å². The smallest absolute Gasteiger partial charge is 0.170 e. The minimum Gasteiger partial charge on any atom is -0.409 e. The first kappa shape index (κ1) is 16.2. The van der Waals surface area contributed by atoms with Gasteiger partial charge in [0.1, 0.15) is 17.3 Å². The molecule has 0 fully saturated rings. The molecular weight excluding hydrogens is 268 g/mol. The third kappa shape index (κ3) is 3.80. The summed E-state index contributed by atoms with van der Waals surface area (Å²) in [6, 6.07) is 2.01. The van der Waals surface area contributed by atoms with Crippen LogP contribution in [-0.4, -0.2) is 35.8 Å². The molecule has 5 nitrogen and oxygen atoms in total. The lowest BCUT2D eigenvalue weighted by Gasteiger charge is -2.25. The van der Waals surface area contributed by atoms with Crippen LogP contribution in [0.15, 0.2) is 17.3 Å². The quantitative estimate of drug-likeness (QED) is 0.308. The zero-order valence-corrected chi connectivity index (χ0v) is 11.3. The molecule has 1 aromatic carbocycles. The number of aliphatic hydroxyl groups is 1. The second-order valence-corrected chi connectivity index (χ2v) is 4.34. The van der Waals surface area contributed by atoms with Crippen molar-refractivity contribution < 1.29 is 19.1 Å². The normalized spacial score (nSPS) is 11.7. The van der Waals surface area contributed by atoms with E-state index in [0.29, 0.717) is 6.54 Å². The van der Waals surface area contributed by atoms with Crippen LogP contribution in [-0.2, 0) is 0 Å². The highest BCUT2D eigenvalue weighted by Gasteiger charge is 2.18. The van der Waals surface area contributed by atoms with E-state index in [1.165, 1.54) is 4.90 Å². The van der Waals surface area contributed by atoms with Gasteiger partial charge < -0.3 is 20.9 Å². The average Bonchev–Trinajstić information content (AvgIpc) is 2.42. The first-order chi connectivity index (χ1) is 9.54. The van der Waals surface area contributed by atoms with Crippen molar-refractivity contribution >= 4 is 11.5 Å². The van der Waals surface area contributed by atoms with Crippen LogP contribution in [0, 0.1) is 11.6 Å². The molecule has 7 heteroatoms. The number of nitrogens with two attached hydrogens (primary N) is 1. The highest BCUT2D eigenvalue weighted by Crippen LogP contribution is 2.25. The molecular formula is C13H19F2N3O2. The molecule has 0 atom stereocenters. The monoisotopic (exact) mass is 287 g/mol. The second kappa shape index (κ2) is 7.64. The summed E-state index contributed by atoms with van der Waals surface area (Å²) >= 11 is 0. The zero-order valence-electron chi connectivity index (χ0n) is 11.3. The Hall–Kier alpha value is -1.89. The van der Waals surface area contributed by atoms with Crippen LogP contribution in [0.5, 0.6) is 0 Å². The molecule has 4 N–H and O–H groups in total. The van der Waals surface area contributed by atoms with E-state index in [4.69, 9.17) is 16.0 Å². The number of oxime groups is 1. The molecule has 1 aromatic rings. The van der Waals surface area contributed by atoms with Gasteiger partial charge in [0, 0.05) is 18.7 Å². The molecule has 0 aromatic heterocycles. The molecule has 0 heterocycles. The van der Waals surface area contributed by atoms with Gasteiger partial charge >= 0.3 is 0 Å². The van der Waals surface area contributed by atoms with Crippen LogP contribution >= 0.6 is 0 Å². The number of rotatable bonds is 7. The van der Waals surface area contributed by atoms with Gasteiger partial charge in [-0.2, -0.15) is 0 Å². The van der Waals surface area contributed by atoms with Crippen molar-refractivity contribution in [2.75, 3.05) is 24.6 Å². The van der Waals surface area contributed by atoms with Crippen LogP contribution in [0.4, 0.5) is 14.5 Å². The minimum atomic E-state index is -0.809. The summed E-state index contributed by atoms with van der Waals surface area (Å²) in [6.07, 6.45) is 1.62. The Balaban J connectivity index is 3.15. The van der Waals surface area contributed by atoms with E-state index in [0.717, 1.165) is 25.0 Å². The molecule has 0 aliphatic carbocycles. The third-order valence-electron chi connectivity index (χ3n) is 2.89. The van der Waals surface area contributed by atoms with E-state index in [1.807, 2.05) is 6.92 Å². The van der Waals surface area contributed by atoms with Crippen molar-refractivity contribution in [1.29, 1.82) is 0 Å². The fourth-order valence-electron chi connectivity index (χ4n) is 1.88. The maximum atomic E-state index is 14.1. The molecule has 0 saturated carbocycles. The third-order valence-corrected chi connectivity index (χ3v) is 2.89. The molecule has 112 valence electrons. The first-order valence-electron chi connectivity index (χ1n) is 6.37. The number of nitrogens with zero attached hydrogens (tertiary/aromatic N) is 2. The first-order valence-corrected chi connectivity index (χ1v) is 6.37. The van der Waals surface area contributed by atoms with Gasteiger partial charge in [-0.25, -0.2) is 8.78 Å². The van der Waals surface area contributed by atoms with E-state index in [1.54, 1.807) is 0 Å². The Bertz CT molecular complexity index is 458. The van der Waals surface area contributed by atoms with Crippen molar-refractivity contribution in [3.63, 3.8) is 0 Å². The fourth-order valence-corrected chi connectivity index (χ4v) is 1.88. The predicted octanol–water partition coefficient (Wildman–Crippen LogP) is 1.66. The maximum Gasteiger partial charge on any atom is 0.170 e. The van der Waals surface area contributed by atoms with Crippen LogP contribution in [0.25, 0.3) is 0 Å². The van der Waals surface area contributed by atoms with Crippen LogP contribution in [0.2, 0.25) is 0 Å². The number of hydrogen-bond acceptors (Lipinski definition) is 4. The highest BCUT2D eigenvalue weighted by molar-refractivity contribution is 5.97. The van der Waals surface area contributed by atoms with Crippen LogP contribution in [0.3, 0.4) is 0 Å². The molecule has 0 amide bonds. The molecule has 0 aliphatic heterocycles. The van der Waals surface area contributed by atoms with Gasteiger partial charge in [0.2, 0.25) is 0 Å². The number of anilines is 1. The SMILES string of the molecule is CCCCN(CCO)c1c(F)cc(C(N)=NO)cc1F. The summed E-state index contributed by atoms with van der Waals surface area (Å²) in [5, 5.41) is 20.2. The Morgan fingerprint density at radius 2 is 1.90 bits per heavy atom. The topological polar surface area (TPSA) is 82.1 Å². The standard InChI is InChI=1S/C13H19F2N3O2/c1-2-3-4-18(5-6-19)12-10(14)7-9(8-11(12)15)13(16)17-20/h7-8,19-20H,2-6H2,1H3,(H2,16,17). The Morgan fingerprint density at radius 1 is 1.30 bits per heavy atom. The Labute approximate surface area is 116 Å². The second-order valence-electron chi connectivity index (χ2n) is 4.34. The van der Waals surface area contributed by atoms with E-state index in [9.17, 15) is 8.78 Å². The van der Waals surface area contributed by atoms with Gasteiger partial charge in [0.25, 0.3) is 0 Å². The lowest BCUT2D eigenvalue weighted by atomic mass is 10.1. The molecule has 20 heavy (non-hydrogen) atoms. The lowest BCUT2D eigenvalue weighted by Crippen LogP contribution is -2.30. The molecule has 0 spiro atoms. The van der Waals surface area contributed by atoms with E-state index in [-0.39, 0.29) is 30.2 Å². The van der Waals surface area contributed by atoms with Gasteiger partial charge in [0.05, 0.1) is 6.61 Å². The van der Waals surface area contributed by atoms with E-state index < -0.39 is 11.6 Å². The van der Waals surface area contributed by atoms with Gasteiger partial charge in [0.15, 0.2) is 5.84 Å². The molecule has 0 bridgehead atoms. The number of benzene rings is 1. The van der Waals surface area contributed by atoms with Crippen LogP contribution < -0.4 is 10.6 Å². The summed E-state index contributed by atoms with van der Waals surface area (Å²) in [7, 11) is 0. The number of aliphatic hydroxyl groups excluding tert-OH is 1. The summed E-state index contributed by atoms with van der Waals surface area (Å²) in [5.74, 6) is -1.98. The molecule has 0 aliphatic rings. The Morgan fingerprint density at radius 3 is 2.35 bits per heavy atom. The molecule has 0 saturated heterocycles. The van der Waals surface area contributed by atoms with Gasteiger partial charge in [-0.05, 0) is 18.6 Å². The predicted molar refractivity (Wildman–Crippen MR) is 73.1 cm³/mol.